The van der Waals surface area contributed by atoms with E-state index < -0.39 is 5.60 Å². The molecule has 0 spiro atoms. The van der Waals surface area contributed by atoms with Crippen molar-refractivity contribution in [2.24, 2.45) is 0 Å². The molecule has 0 aliphatic carbocycles. The summed E-state index contributed by atoms with van der Waals surface area (Å²) in [5.41, 5.74) is 0.113. The van der Waals surface area contributed by atoms with Crippen LogP contribution in [0, 0.1) is 5.82 Å². The Morgan fingerprint density at radius 1 is 1.38 bits per heavy atom. The molecule has 2 rings (SSSR count). The third kappa shape index (κ3) is 3.86. The van der Waals surface area contributed by atoms with Crippen LogP contribution in [0.5, 0.6) is 5.75 Å². The van der Waals surface area contributed by atoms with Crippen LogP contribution >= 0.6 is 0 Å². The molecular formula is C16H22FNO3. The van der Waals surface area contributed by atoms with E-state index in [1.54, 1.807) is 17.0 Å². The molecule has 1 heterocycles. The molecule has 5 heteroatoms. The monoisotopic (exact) mass is 295 g/mol. The zero-order valence-corrected chi connectivity index (χ0v) is 13.0. The standard InChI is InChI=1S/C16H22FNO3/c1-16(2,3)21-15(19)18-8-7-11(10-18)13-6-5-12(20-4)9-14(13)17/h5-6,9,11H,7-8,10H2,1-4H3. The van der Waals surface area contributed by atoms with Crippen molar-refractivity contribution in [1.29, 1.82) is 0 Å². The summed E-state index contributed by atoms with van der Waals surface area (Å²) in [5, 5.41) is 0. The van der Waals surface area contributed by atoms with Crippen LogP contribution in [0.1, 0.15) is 38.7 Å². The number of benzene rings is 1. The third-order valence-electron chi connectivity index (χ3n) is 3.49. The Morgan fingerprint density at radius 3 is 2.67 bits per heavy atom. The molecule has 4 nitrogen and oxygen atoms in total. The van der Waals surface area contributed by atoms with E-state index in [2.05, 4.69) is 0 Å². The Hall–Kier alpha value is -1.78. The Labute approximate surface area is 124 Å². The lowest BCUT2D eigenvalue weighted by Crippen LogP contribution is -2.35. The van der Waals surface area contributed by atoms with Gasteiger partial charge in [0, 0.05) is 25.1 Å². The number of halogens is 1. The van der Waals surface area contributed by atoms with Gasteiger partial charge in [-0.15, -0.1) is 0 Å². The van der Waals surface area contributed by atoms with E-state index in [0.717, 1.165) is 6.42 Å². The Bertz CT molecular complexity index is 525. The lowest BCUT2D eigenvalue weighted by atomic mass is 9.98. The number of ether oxygens (including phenoxy) is 2. The number of carbonyl (C=O) groups excluding carboxylic acids is 1. The summed E-state index contributed by atoms with van der Waals surface area (Å²) < 4.78 is 24.4. The molecule has 0 saturated carbocycles. The summed E-state index contributed by atoms with van der Waals surface area (Å²) in [6, 6.07) is 4.86. The van der Waals surface area contributed by atoms with E-state index in [4.69, 9.17) is 9.47 Å². The van der Waals surface area contributed by atoms with Gasteiger partial charge in [0.2, 0.25) is 0 Å². The molecule has 0 N–H and O–H groups in total. The van der Waals surface area contributed by atoms with Gasteiger partial charge in [0.1, 0.15) is 17.2 Å². The summed E-state index contributed by atoms with van der Waals surface area (Å²) in [4.78, 5) is 13.7. The first-order chi connectivity index (χ1) is 9.80. The van der Waals surface area contributed by atoms with E-state index in [1.807, 2.05) is 20.8 Å². The van der Waals surface area contributed by atoms with Crippen molar-refractivity contribution >= 4 is 6.09 Å². The topological polar surface area (TPSA) is 38.8 Å². The van der Waals surface area contributed by atoms with Gasteiger partial charge in [0.05, 0.1) is 7.11 Å². The van der Waals surface area contributed by atoms with Gasteiger partial charge in [-0.05, 0) is 38.8 Å². The number of methoxy groups -OCH3 is 1. The quantitative estimate of drug-likeness (QED) is 0.837. The molecule has 0 bridgehead atoms. The maximum absolute atomic E-state index is 14.1. The van der Waals surface area contributed by atoms with Gasteiger partial charge in [-0.3, -0.25) is 0 Å². The molecule has 1 aromatic rings. The highest BCUT2D eigenvalue weighted by molar-refractivity contribution is 5.68. The van der Waals surface area contributed by atoms with Gasteiger partial charge in [-0.2, -0.15) is 0 Å². The number of hydrogen-bond acceptors (Lipinski definition) is 3. The summed E-state index contributed by atoms with van der Waals surface area (Å²) >= 11 is 0. The van der Waals surface area contributed by atoms with Crippen LogP contribution in [0.25, 0.3) is 0 Å². The van der Waals surface area contributed by atoms with Crippen molar-refractivity contribution in [3.05, 3.63) is 29.6 Å². The zero-order chi connectivity index (χ0) is 15.6. The summed E-state index contributed by atoms with van der Waals surface area (Å²) in [5.74, 6) is 0.215. The van der Waals surface area contributed by atoms with Gasteiger partial charge in [0.15, 0.2) is 0 Å². The maximum Gasteiger partial charge on any atom is 0.410 e. The van der Waals surface area contributed by atoms with Crippen LogP contribution < -0.4 is 4.74 Å². The number of hydrogen-bond donors (Lipinski definition) is 0. The molecule has 0 aromatic heterocycles. The first kappa shape index (κ1) is 15.6. The molecule has 1 aliphatic heterocycles. The van der Waals surface area contributed by atoms with Gasteiger partial charge in [-0.1, -0.05) is 6.07 Å². The van der Waals surface area contributed by atoms with E-state index in [9.17, 15) is 9.18 Å². The second-order valence-electron chi connectivity index (χ2n) is 6.30. The van der Waals surface area contributed by atoms with Crippen LogP contribution in [0.2, 0.25) is 0 Å². The molecule has 0 radical (unpaired) electrons. The number of rotatable bonds is 2. The Morgan fingerprint density at radius 2 is 2.10 bits per heavy atom. The number of likely N-dealkylation sites (tertiary alicyclic amines) is 1. The molecule has 1 saturated heterocycles. The average Bonchev–Trinajstić information content (AvgIpc) is 2.86. The largest absolute Gasteiger partial charge is 0.497 e. The molecular weight excluding hydrogens is 273 g/mol. The Balaban J connectivity index is 2.04. The maximum atomic E-state index is 14.1. The fourth-order valence-corrected chi connectivity index (χ4v) is 2.47. The fourth-order valence-electron chi connectivity index (χ4n) is 2.47. The minimum absolute atomic E-state index is 0.00317. The van der Waals surface area contributed by atoms with E-state index in [-0.39, 0.29) is 17.8 Å². The lowest BCUT2D eigenvalue weighted by molar-refractivity contribution is 0.0292. The summed E-state index contributed by atoms with van der Waals surface area (Å²) in [7, 11) is 1.51. The normalized spacial score (nSPS) is 18.7. The molecule has 1 fully saturated rings. The Kier molecular flexibility index (Phi) is 4.40. The smallest absolute Gasteiger partial charge is 0.410 e. The molecule has 1 unspecified atom stereocenters. The van der Waals surface area contributed by atoms with E-state index in [1.165, 1.54) is 13.2 Å². The van der Waals surface area contributed by atoms with E-state index in [0.29, 0.717) is 24.4 Å². The lowest BCUT2D eigenvalue weighted by Gasteiger charge is -2.24. The molecule has 1 aromatic carbocycles. The highest BCUT2D eigenvalue weighted by atomic mass is 19.1. The predicted octanol–water partition coefficient (Wildman–Crippen LogP) is 3.56. The second kappa shape index (κ2) is 5.92. The van der Waals surface area contributed by atoms with Crippen LogP contribution in [0.3, 0.4) is 0 Å². The van der Waals surface area contributed by atoms with Crippen LogP contribution in [0.15, 0.2) is 18.2 Å². The van der Waals surface area contributed by atoms with Gasteiger partial charge < -0.3 is 14.4 Å². The van der Waals surface area contributed by atoms with E-state index >= 15 is 0 Å². The zero-order valence-electron chi connectivity index (χ0n) is 13.0. The second-order valence-corrected chi connectivity index (χ2v) is 6.30. The average molecular weight is 295 g/mol. The van der Waals surface area contributed by atoms with Crippen LogP contribution in [0.4, 0.5) is 9.18 Å². The fraction of sp³-hybridized carbons (Fsp3) is 0.562. The van der Waals surface area contributed by atoms with Crippen molar-refractivity contribution in [3.63, 3.8) is 0 Å². The minimum Gasteiger partial charge on any atom is -0.497 e. The number of amides is 1. The van der Waals surface area contributed by atoms with Crippen molar-refractivity contribution in [1.82, 2.24) is 4.90 Å². The summed E-state index contributed by atoms with van der Waals surface area (Å²) in [6.45, 7) is 6.58. The molecule has 116 valence electrons. The molecule has 1 atom stereocenters. The van der Waals surface area contributed by atoms with Gasteiger partial charge in [-0.25, -0.2) is 9.18 Å². The van der Waals surface area contributed by atoms with Crippen LogP contribution in [-0.4, -0.2) is 36.8 Å². The highest BCUT2D eigenvalue weighted by Gasteiger charge is 2.31. The third-order valence-corrected chi connectivity index (χ3v) is 3.49. The molecule has 1 aliphatic rings. The van der Waals surface area contributed by atoms with Crippen molar-refractivity contribution in [2.75, 3.05) is 20.2 Å². The SMILES string of the molecule is COc1ccc(C2CCN(C(=O)OC(C)(C)C)C2)c(F)c1. The van der Waals surface area contributed by atoms with Gasteiger partial charge >= 0.3 is 6.09 Å². The van der Waals surface area contributed by atoms with Crippen LogP contribution in [-0.2, 0) is 4.74 Å². The number of nitrogens with zero attached hydrogens (tertiary/aromatic N) is 1. The first-order valence-electron chi connectivity index (χ1n) is 7.11. The van der Waals surface area contributed by atoms with Crippen molar-refractivity contribution in [3.8, 4) is 5.75 Å². The summed E-state index contributed by atoms with van der Waals surface area (Å²) in [6.07, 6.45) is 0.404. The van der Waals surface area contributed by atoms with Crippen molar-refractivity contribution < 1.29 is 18.7 Å². The molecule has 21 heavy (non-hydrogen) atoms. The first-order valence-corrected chi connectivity index (χ1v) is 7.11. The van der Waals surface area contributed by atoms with Crippen molar-refractivity contribution in [2.45, 2.75) is 38.7 Å². The molecule has 1 amide bonds. The predicted molar refractivity (Wildman–Crippen MR) is 78.1 cm³/mol. The highest BCUT2D eigenvalue weighted by Crippen LogP contribution is 2.31. The number of carbonyl (C=O) groups is 1. The van der Waals surface area contributed by atoms with Gasteiger partial charge in [0.25, 0.3) is 0 Å². The minimum atomic E-state index is -0.513.